The van der Waals surface area contributed by atoms with Gasteiger partial charge in [-0.15, -0.1) is 0 Å². The lowest BCUT2D eigenvalue weighted by Crippen LogP contribution is -2.38. The third kappa shape index (κ3) is 3.79. The second-order valence-electron chi connectivity index (χ2n) is 5.03. The van der Waals surface area contributed by atoms with E-state index in [9.17, 15) is 9.59 Å². The molecule has 5 nitrogen and oxygen atoms in total. The van der Waals surface area contributed by atoms with Crippen LogP contribution in [0.1, 0.15) is 35.6 Å². The number of nitrogens with zero attached hydrogens (tertiary/aromatic N) is 1. The van der Waals surface area contributed by atoms with E-state index in [4.69, 9.17) is 9.52 Å². The van der Waals surface area contributed by atoms with E-state index in [1.807, 2.05) is 12.3 Å². The largest absolute Gasteiger partial charge is 0.481 e. The molecule has 1 N–H and O–H groups in total. The average Bonchev–Trinajstić information content (AvgIpc) is 2.87. The van der Waals surface area contributed by atoms with Crippen molar-refractivity contribution in [1.82, 2.24) is 4.90 Å². The first-order valence-electron chi connectivity index (χ1n) is 6.69. The Morgan fingerprint density at radius 1 is 1.40 bits per heavy atom. The van der Waals surface area contributed by atoms with Crippen molar-refractivity contribution < 1.29 is 19.1 Å². The number of aliphatic carboxylic acids is 1. The Labute approximate surface area is 122 Å². The van der Waals surface area contributed by atoms with E-state index in [0.717, 1.165) is 24.4 Å². The van der Waals surface area contributed by atoms with Gasteiger partial charge in [-0.1, -0.05) is 0 Å². The van der Waals surface area contributed by atoms with Crippen molar-refractivity contribution in [3.63, 3.8) is 0 Å². The monoisotopic (exact) mass is 297 g/mol. The molecule has 0 atom stereocenters. The van der Waals surface area contributed by atoms with Gasteiger partial charge in [-0.05, 0) is 37.1 Å². The van der Waals surface area contributed by atoms with E-state index in [2.05, 4.69) is 0 Å². The standard InChI is InChI=1S/C14H19NO4S/c1-20-9-11-2-3-12(19-11)14(18)15-6-4-10(5-7-15)8-13(16)17/h2-3,10H,4-9H2,1H3,(H,16,17). The minimum atomic E-state index is -0.762. The van der Waals surface area contributed by atoms with Crippen molar-refractivity contribution in [1.29, 1.82) is 0 Å². The van der Waals surface area contributed by atoms with Crippen LogP contribution in [0.5, 0.6) is 0 Å². The molecule has 1 aromatic rings. The Bertz CT molecular complexity index is 477. The minimum absolute atomic E-state index is 0.0915. The second-order valence-corrected chi connectivity index (χ2v) is 5.90. The molecule has 0 aromatic carbocycles. The lowest BCUT2D eigenvalue weighted by atomic mass is 9.93. The van der Waals surface area contributed by atoms with Gasteiger partial charge in [0.2, 0.25) is 0 Å². The fourth-order valence-corrected chi connectivity index (χ4v) is 2.90. The number of hydrogen-bond donors (Lipinski definition) is 1. The maximum absolute atomic E-state index is 12.3. The van der Waals surface area contributed by atoms with Crippen LogP contribution in [0.4, 0.5) is 0 Å². The Kier molecular flexibility index (Phi) is 5.11. The van der Waals surface area contributed by atoms with Crippen LogP contribution in [0.2, 0.25) is 0 Å². The predicted octanol–water partition coefficient (Wildman–Crippen LogP) is 2.47. The molecule has 1 amide bonds. The van der Waals surface area contributed by atoms with Crippen LogP contribution in [-0.2, 0) is 10.5 Å². The van der Waals surface area contributed by atoms with Gasteiger partial charge in [0, 0.05) is 19.5 Å². The van der Waals surface area contributed by atoms with E-state index in [1.165, 1.54) is 0 Å². The van der Waals surface area contributed by atoms with Crippen molar-refractivity contribution in [2.75, 3.05) is 19.3 Å². The van der Waals surface area contributed by atoms with Crippen LogP contribution < -0.4 is 0 Å². The van der Waals surface area contributed by atoms with Crippen LogP contribution in [0, 0.1) is 5.92 Å². The summed E-state index contributed by atoms with van der Waals surface area (Å²) in [5, 5.41) is 8.77. The third-order valence-electron chi connectivity index (χ3n) is 3.52. The summed E-state index contributed by atoms with van der Waals surface area (Å²) >= 11 is 1.65. The summed E-state index contributed by atoms with van der Waals surface area (Å²) in [6, 6.07) is 3.55. The van der Waals surface area contributed by atoms with Crippen LogP contribution in [-0.4, -0.2) is 41.2 Å². The number of piperidine rings is 1. The molecule has 1 aliphatic heterocycles. The SMILES string of the molecule is CSCc1ccc(C(=O)N2CCC(CC(=O)O)CC2)o1. The molecule has 2 rings (SSSR count). The highest BCUT2D eigenvalue weighted by Crippen LogP contribution is 2.22. The number of rotatable bonds is 5. The van der Waals surface area contributed by atoms with Crippen molar-refractivity contribution in [2.24, 2.45) is 5.92 Å². The van der Waals surface area contributed by atoms with Gasteiger partial charge in [-0.3, -0.25) is 9.59 Å². The molecule has 6 heteroatoms. The molecule has 0 radical (unpaired) electrons. The third-order valence-corrected chi connectivity index (χ3v) is 4.10. The number of thioether (sulfide) groups is 1. The van der Waals surface area contributed by atoms with E-state index >= 15 is 0 Å². The van der Waals surface area contributed by atoms with Crippen molar-refractivity contribution in [3.8, 4) is 0 Å². The Morgan fingerprint density at radius 3 is 2.70 bits per heavy atom. The number of hydrogen-bond acceptors (Lipinski definition) is 4. The predicted molar refractivity (Wildman–Crippen MR) is 76.8 cm³/mol. The molecule has 0 saturated carbocycles. The summed E-state index contributed by atoms with van der Waals surface area (Å²) in [5.41, 5.74) is 0. The first-order valence-corrected chi connectivity index (χ1v) is 8.08. The summed E-state index contributed by atoms with van der Waals surface area (Å²) in [5.74, 6) is 1.27. The van der Waals surface area contributed by atoms with Gasteiger partial charge in [0.1, 0.15) is 5.76 Å². The number of carboxylic acids is 1. The topological polar surface area (TPSA) is 70.8 Å². The fraction of sp³-hybridized carbons (Fsp3) is 0.571. The van der Waals surface area contributed by atoms with E-state index in [-0.39, 0.29) is 18.2 Å². The van der Waals surface area contributed by atoms with Gasteiger partial charge in [0.25, 0.3) is 5.91 Å². The number of amides is 1. The summed E-state index contributed by atoms with van der Waals surface area (Å²) in [6.07, 6.45) is 3.67. The lowest BCUT2D eigenvalue weighted by Gasteiger charge is -2.30. The summed E-state index contributed by atoms with van der Waals surface area (Å²) in [6.45, 7) is 1.21. The Morgan fingerprint density at radius 2 is 2.10 bits per heavy atom. The molecule has 110 valence electrons. The number of likely N-dealkylation sites (tertiary alicyclic amines) is 1. The minimum Gasteiger partial charge on any atom is -0.481 e. The van der Waals surface area contributed by atoms with Crippen molar-refractivity contribution >= 4 is 23.6 Å². The van der Waals surface area contributed by atoms with Gasteiger partial charge >= 0.3 is 5.97 Å². The average molecular weight is 297 g/mol. The molecule has 1 aliphatic rings. The summed E-state index contributed by atoms with van der Waals surface area (Å²) in [7, 11) is 0. The summed E-state index contributed by atoms with van der Waals surface area (Å²) < 4.78 is 5.52. The molecule has 0 unspecified atom stereocenters. The highest BCUT2D eigenvalue weighted by atomic mass is 32.2. The van der Waals surface area contributed by atoms with Crippen molar-refractivity contribution in [3.05, 3.63) is 23.7 Å². The van der Waals surface area contributed by atoms with Crippen molar-refractivity contribution in [2.45, 2.75) is 25.0 Å². The van der Waals surface area contributed by atoms with E-state index in [1.54, 1.807) is 22.7 Å². The van der Waals surface area contributed by atoms with Crippen LogP contribution in [0.25, 0.3) is 0 Å². The lowest BCUT2D eigenvalue weighted by molar-refractivity contribution is -0.138. The van der Waals surface area contributed by atoms with Gasteiger partial charge in [-0.25, -0.2) is 0 Å². The highest BCUT2D eigenvalue weighted by molar-refractivity contribution is 7.97. The van der Waals surface area contributed by atoms with E-state index < -0.39 is 5.97 Å². The van der Waals surface area contributed by atoms with Gasteiger partial charge < -0.3 is 14.4 Å². The van der Waals surface area contributed by atoms with Gasteiger partial charge in [0.05, 0.1) is 5.75 Å². The quantitative estimate of drug-likeness (QED) is 0.904. The first kappa shape index (κ1) is 15.0. The zero-order valence-electron chi connectivity index (χ0n) is 11.5. The molecule has 0 bridgehead atoms. The molecular formula is C14H19NO4S. The fourth-order valence-electron chi connectivity index (χ4n) is 2.46. The molecular weight excluding hydrogens is 278 g/mol. The molecule has 20 heavy (non-hydrogen) atoms. The van der Waals surface area contributed by atoms with Crippen LogP contribution in [0.15, 0.2) is 16.5 Å². The van der Waals surface area contributed by atoms with Gasteiger partial charge in [0.15, 0.2) is 5.76 Å². The maximum atomic E-state index is 12.3. The van der Waals surface area contributed by atoms with Crippen LogP contribution >= 0.6 is 11.8 Å². The molecule has 2 heterocycles. The van der Waals surface area contributed by atoms with E-state index in [0.29, 0.717) is 18.8 Å². The molecule has 1 fully saturated rings. The molecule has 1 saturated heterocycles. The number of furan rings is 1. The maximum Gasteiger partial charge on any atom is 0.303 e. The summed E-state index contributed by atoms with van der Waals surface area (Å²) in [4.78, 5) is 24.7. The Hall–Kier alpha value is -1.43. The second kappa shape index (κ2) is 6.83. The molecule has 1 aromatic heterocycles. The molecule has 0 spiro atoms. The number of carbonyl (C=O) groups is 2. The van der Waals surface area contributed by atoms with Crippen LogP contribution in [0.3, 0.4) is 0 Å². The molecule has 0 aliphatic carbocycles. The first-order chi connectivity index (χ1) is 9.60. The number of carbonyl (C=O) groups excluding carboxylic acids is 1. The highest BCUT2D eigenvalue weighted by Gasteiger charge is 2.26. The zero-order chi connectivity index (χ0) is 14.5. The normalized spacial score (nSPS) is 16.4. The zero-order valence-corrected chi connectivity index (χ0v) is 12.3. The smallest absolute Gasteiger partial charge is 0.303 e. The number of carboxylic acid groups (broad SMARTS) is 1. The van der Waals surface area contributed by atoms with Gasteiger partial charge in [-0.2, -0.15) is 11.8 Å². The Balaban J connectivity index is 1.89.